The van der Waals surface area contributed by atoms with Crippen molar-refractivity contribution in [3.63, 3.8) is 0 Å². The van der Waals surface area contributed by atoms with Gasteiger partial charge >= 0.3 is 0 Å². The summed E-state index contributed by atoms with van der Waals surface area (Å²) in [7, 11) is 2.18. The molecule has 1 aliphatic carbocycles. The largest absolute Gasteiger partial charge is 0.388 e. The van der Waals surface area contributed by atoms with Gasteiger partial charge in [0.05, 0.1) is 5.60 Å². The van der Waals surface area contributed by atoms with Gasteiger partial charge in [0.25, 0.3) is 0 Å². The molecule has 3 nitrogen and oxygen atoms in total. The average Bonchev–Trinajstić information content (AvgIpc) is 2.28. The van der Waals surface area contributed by atoms with Crippen molar-refractivity contribution in [1.29, 1.82) is 0 Å². The van der Waals surface area contributed by atoms with E-state index in [-0.39, 0.29) is 0 Å². The van der Waals surface area contributed by atoms with Gasteiger partial charge in [-0.3, -0.25) is 0 Å². The van der Waals surface area contributed by atoms with E-state index in [4.69, 9.17) is 4.74 Å². The first kappa shape index (κ1) is 14.3. The highest BCUT2D eigenvalue weighted by Gasteiger charge is 2.34. The van der Waals surface area contributed by atoms with Crippen molar-refractivity contribution in [2.45, 2.75) is 57.6 Å². The van der Waals surface area contributed by atoms with Crippen molar-refractivity contribution in [3.05, 3.63) is 0 Å². The van der Waals surface area contributed by atoms with E-state index < -0.39 is 5.60 Å². The quantitative estimate of drug-likeness (QED) is 0.840. The molecular formula is C15H29NO2. The van der Waals surface area contributed by atoms with Crippen LogP contribution < -0.4 is 0 Å². The van der Waals surface area contributed by atoms with E-state index >= 15 is 0 Å². The van der Waals surface area contributed by atoms with Crippen LogP contribution in [0, 0.1) is 11.8 Å². The lowest BCUT2D eigenvalue weighted by Crippen LogP contribution is -2.49. The van der Waals surface area contributed by atoms with Crippen LogP contribution in [0.15, 0.2) is 0 Å². The van der Waals surface area contributed by atoms with E-state index in [1.165, 1.54) is 19.3 Å². The number of aliphatic hydroxyl groups is 1. The van der Waals surface area contributed by atoms with Crippen molar-refractivity contribution >= 4 is 0 Å². The van der Waals surface area contributed by atoms with Gasteiger partial charge < -0.3 is 14.7 Å². The molecule has 0 aromatic heterocycles. The Morgan fingerprint density at radius 2 is 1.67 bits per heavy atom. The van der Waals surface area contributed by atoms with E-state index in [1.807, 2.05) is 0 Å². The molecule has 1 heterocycles. The highest BCUT2D eigenvalue weighted by atomic mass is 16.5. The zero-order valence-electron chi connectivity index (χ0n) is 12.2. The Labute approximate surface area is 112 Å². The number of hydrogen-bond donors (Lipinski definition) is 1. The molecule has 3 heteroatoms. The molecule has 1 N–H and O–H groups in total. The van der Waals surface area contributed by atoms with Gasteiger partial charge in [0.1, 0.15) is 0 Å². The molecule has 0 aromatic carbocycles. The summed E-state index contributed by atoms with van der Waals surface area (Å²) in [6, 6.07) is 0.649. The van der Waals surface area contributed by atoms with Crippen LogP contribution >= 0.6 is 0 Å². The van der Waals surface area contributed by atoms with Crippen LogP contribution in [0.2, 0.25) is 0 Å². The summed E-state index contributed by atoms with van der Waals surface area (Å²) < 4.78 is 5.35. The van der Waals surface area contributed by atoms with Crippen LogP contribution in [-0.4, -0.2) is 48.5 Å². The maximum atomic E-state index is 10.6. The minimum absolute atomic E-state index is 0.517. The first-order chi connectivity index (χ1) is 8.48. The van der Waals surface area contributed by atoms with Crippen LogP contribution in [0.3, 0.4) is 0 Å². The Kier molecular flexibility index (Phi) is 4.68. The van der Waals surface area contributed by atoms with Gasteiger partial charge in [0, 0.05) is 38.6 Å². The Morgan fingerprint density at radius 1 is 1.11 bits per heavy atom. The minimum atomic E-state index is -0.517. The molecule has 2 unspecified atom stereocenters. The van der Waals surface area contributed by atoms with Crippen LogP contribution in [0.5, 0.6) is 0 Å². The molecule has 0 amide bonds. The Hall–Kier alpha value is -0.120. The summed E-state index contributed by atoms with van der Waals surface area (Å²) in [6.45, 7) is 6.95. The molecular weight excluding hydrogens is 226 g/mol. The fourth-order valence-corrected chi connectivity index (χ4v) is 3.77. The van der Waals surface area contributed by atoms with Crippen LogP contribution in [-0.2, 0) is 4.74 Å². The molecule has 2 aliphatic rings. The van der Waals surface area contributed by atoms with Crippen molar-refractivity contribution in [3.8, 4) is 0 Å². The maximum absolute atomic E-state index is 10.6. The lowest BCUT2D eigenvalue weighted by Gasteiger charge is -2.42. The lowest BCUT2D eigenvalue weighted by molar-refractivity contribution is -0.0846. The Balaban J connectivity index is 1.88. The predicted molar refractivity (Wildman–Crippen MR) is 73.6 cm³/mol. The number of likely N-dealkylation sites (N-methyl/N-ethyl adjacent to an activating group) is 1. The van der Waals surface area contributed by atoms with Crippen molar-refractivity contribution in [2.75, 3.05) is 26.8 Å². The van der Waals surface area contributed by atoms with E-state index in [0.29, 0.717) is 19.3 Å². The molecule has 2 atom stereocenters. The van der Waals surface area contributed by atoms with E-state index in [0.717, 1.165) is 31.2 Å². The molecule has 1 saturated carbocycles. The summed E-state index contributed by atoms with van der Waals surface area (Å²) in [5.74, 6) is 1.65. The number of rotatable bonds is 3. The number of nitrogens with zero attached hydrogens (tertiary/aromatic N) is 1. The van der Waals surface area contributed by atoms with Crippen molar-refractivity contribution in [2.24, 2.45) is 11.8 Å². The monoisotopic (exact) mass is 255 g/mol. The zero-order chi connectivity index (χ0) is 13.2. The van der Waals surface area contributed by atoms with Crippen molar-refractivity contribution in [1.82, 2.24) is 4.90 Å². The predicted octanol–water partition coefficient (Wildman–Crippen LogP) is 2.28. The smallest absolute Gasteiger partial charge is 0.0817 e. The summed E-state index contributed by atoms with van der Waals surface area (Å²) >= 11 is 0. The number of hydrogen-bond acceptors (Lipinski definition) is 3. The highest BCUT2D eigenvalue weighted by Crippen LogP contribution is 2.32. The molecule has 1 saturated heterocycles. The molecule has 0 spiro atoms. The second-order valence-corrected chi connectivity index (χ2v) is 6.82. The molecule has 0 bridgehead atoms. The lowest BCUT2D eigenvalue weighted by atomic mass is 9.79. The van der Waals surface area contributed by atoms with Gasteiger partial charge in [0.2, 0.25) is 0 Å². The third-order valence-corrected chi connectivity index (χ3v) is 4.74. The van der Waals surface area contributed by atoms with E-state index in [2.05, 4.69) is 25.8 Å². The van der Waals surface area contributed by atoms with Gasteiger partial charge in [-0.25, -0.2) is 0 Å². The van der Waals surface area contributed by atoms with E-state index in [9.17, 15) is 5.11 Å². The standard InChI is InChI=1S/C15H29NO2/c1-12-8-13(2)10-14(9-12)16(3)11-15(17)4-6-18-7-5-15/h12-14,17H,4-11H2,1-3H3. The second-order valence-electron chi connectivity index (χ2n) is 6.82. The van der Waals surface area contributed by atoms with Crippen LogP contribution in [0.1, 0.15) is 46.0 Å². The topological polar surface area (TPSA) is 32.7 Å². The summed E-state index contributed by atoms with van der Waals surface area (Å²) in [6.07, 6.45) is 5.51. The fourth-order valence-electron chi connectivity index (χ4n) is 3.77. The second kappa shape index (κ2) is 5.89. The fraction of sp³-hybridized carbons (Fsp3) is 1.00. The molecule has 106 valence electrons. The molecule has 1 aliphatic heterocycles. The van der Waals surface area contributed by atoms with Gasteiger partial charge in [-0.2, -0.15) is 0 Å². The van der Waals surface area contributed by atoms with Gasteiger partial charge in [-0.05, 0) is 38.1 Å². The summed E-state index contributed by atoms with van der Waals surface area (Å²) in [4.78, 5) is 2.40. The zero-order valence-corrected chi connectivity index (χ0v) is 12.2. The highest BCUT2D eigenvalue weighted by molar-refractivity contribution is 4.88. The first-order valence-corrected chi connectivity index (χ1v) is 7.49. The van der Waals surface area contributed by atoms with Crippen LogP contribution in [0.4, 0.5) is 0 Å². The molecule has 18 heavy (non-hydrogen) atoms. The normalized spacial score (nSPS) is 36.8. The van der Waals surface area contributed by atoms with Crippen molar-refractivity contribution < 1.29 is 9.84 Å². The summed E-state index contributed by atoms with van der Waals surface area (Å²) in [5.41, 5.74) is -0.517. The average molecular weight is 255 g/mol. The molecule has 0 radical (unpaired) electrons. The Morgan fingerprint density at radius 3 is 2.22 bits per heavy atom. The molecule has 2 rings (SSSR count). The minimum Gasteiger partial charge on any atom is -0.388 e. The van der Waals surface area contributed by atoms with Gasteiger partial charge in [0.15, 0.2) is 0 Å². The van der Waals surface area contributed by atoms with Gasteiger partial charge in [-0.1, -0.05) is 13.8 Å². The SMILES string of the molecule is CC1CC(C)CC(N(C)CC2(O)CCOCC2)C1. The molecule has 0 aromatic rings. The summed E-state index contributed by atoms with van der Waals surface area (Å²) in [5, 5.41) is 10.6. The van der Waals surface area contributed by atoms with Crippen LogP contribution in [0.25, 0.3) is 0 Å². The first-order valence-electron chi connectivity index (χ1n) is 7.49. The van der Waals surface area contributed by atoms with E-state index in [1.54, 1.807) is 0 Å². The third-order valence-electron chi connectivity index (χ3n) is 4.74. The molecule has 2 fully saturated rings. The Bertz CT molecular complexity index is 253. The van der Waals surface area contributed by atoms with Gasteiger partial charge in [-0.15, -0.1) is 0 Å². The number of ether oxygens (including phenoxy) is 1. The third kappa shape index (κ3) is 3.69. The maximum Gasteiger partial charge on any atom is 0.0817 e.